The van der Waals surface area contributed by atoms with Crippen molar-refractivity contribution < 1.29 is 13.6 Å². The summed E-state index contributed by atoms with van der Waals surface area (Å²) in [7, 11) is 0. The predicted octanol–water partition coefficient (Wildman–Crippen LogP) is 3.80. The van der Waals surface area contributed by atoms with Crippen LogP contribution in [0.1, 0.15) is 19.5 Å². The maximum absolute atomic E-state index is 13.8. The average Bonchev–Trinajstić information content (AvgIpc) is 2.95. The molecule has 9 heteroatoms. The van der Waals surface area contributed by atoms with E-state index in [0.29, 0.717) is 28.4 Å². The van der Waals surface area contributed by atoms with Crippen molar-refractivity contribution in [2.24, 2.45) is 5.92 Å². The lowest BCUT2D eigenvalue weighted by Crippen LogP contribution is -2.28. The van der Waals surface area contributed by atoms with Crippen LogP contribution < -0.4 is 10.9 Å². The van der Waals surface area contributed by atoms with Gasteiger partial charge in [0.15, 0.2) is 5.16 Å². The molecule has 2 aromatic heterocycles. The van der Waals surface area contributed by atoms with Gasteiger partial charge in [-0.15, -0.1) is 0 Å². The number of carbonyl (C=O) groups is 1. The Bertz CT molecular complexity index is 1140. The van der Waals surface area contributed by atoms with E-state index in [4.69, 9.17) is 0 Å². The van der Waals surface area contributed by atoms with E-state index in [0.717, 1.165) is 18.2 Å². The first-order chi connectivity index (χ1) is 13.7. The van der Waals surface area contributed by atoms with E-state index >= 15 is 0 Å². The highest BCUT2D eigenvalue weighted by Crippen LogP contribution is 2.21. The van der Waals surface area contributed by atoms with Crippen molar-refractivity contribution in [3.63, 3.8) is 0 Å². The number of rotatable bonds is 6. The van der Waals surface area contributed by atoms with Crippen molar-refractivity contribution in [3.8, 4) is 0 Å². The highest BCUT2D eigenvalue weighted by molar-refractivity contribution is 7.98. The number of aromatic nitrogens is 3. The molecule has 0 saturated heterocycles. The first kappa shape index (κ1) is 21.0. The number of thioether (sulfide) groups is 1. The second kappa shape index (κ2) is 8.36. The lowest BCUT2D eigenvalue weighted by molar-refractivity contribution is -0.116. The maximum Gasteiger partial charge on any atom is 0.278 e. The quantitative estimate of drug-likeness (QED) is 0.487. The van der Waals surface area contributed by atoms with E-state index in [1.165, 1.54) is 11.8 Å². The molecule has 0 atom stereocenters. The van der Waals surface area contributed by atoms with Gasteiger partial charge in [0.05, 0.1) is 11.2 Å². The van der Waals surface area contributed by atoms with Gasteiger partial charge in [-0.25, -0.2) is 13.8 Å². The van der Waals surface area contributed by atoms with Crippen molar-refractivity contribution in [1.29, 1.82) is 0 Å². The Morgan fingerprint density at radius 3 is 2.62 bits per heavy atom. The van der Waals surface area contributed by atoms with Gasteiger partial charge in [-0.3, -0.25) is 14.2 Å². The van der Waals surface area contributed by atoms with Gasteiger partial charge in [-0.05, 0) is 37.3 Å². The summed E-state index contributed by atoms with van der Waals surface area (Å²) >= 11 is 1.39. The molecule has 0 spiro atoms. The minimum Gasteiger partial charge on any atom is -0.330 e. The summed E-state index contributed by atoms with van der Waals surface area (Å²) in [6.45, 7) is 6.06. The molecule has 0 aliphatic heterocycles. The Hall–Kier alpha value is -2.68. The first-order valence-electron chi connectivity index (χ1n) is 9.10. The largest absolute Gasteiger partial charge is 0.330 e. The van der Waals surface area contributed by atoms with Crippen molar-refractivity contribution in [2.45, 2.75) is 39.0 Å². The van der Waals surface area contributed by atoms with Gasteiger partial charge >= 0.3 is 0 Å². The van der Waals surface area contributed by atoms with Crippen molar-refractivity contribution in [3.05, 3.63) is 51.9 Å². The summed E-state index contributed by atoms with van der Waals surface area (Å²) in [6, 6.07) is 4.57. The Kier molecular flexibility index (Phi) is 6.07. The second-order valence-electron chi connectivity index (χ2n) is 7.19. The molecule has 0 unspecified atom stereocenters. The van der Waals surface area contributed by atoms with E-state index < -0.39 is 17.5 Å². The van der Waals surface area contributed by atoms with Gasteiger partial charge in [-0.2, -0.15) is 0 Å². The van der Waals surface area contributed by atoms with Crippen LogP contribution in [0.15, 0.2) is 34.2 Å². The van der Waals surface area contributed by atoms with Gasteiger partial charge in [-0.1, -0.05) is 25.6 Å². The molecule has 0 saturated carbocycles. The predicted molar refractivity (Wildman–Crippen MR) is 110 cm³/mol. The van der Waals surface area contributed by atoms with Crippen LogP contribution in [0.2, 0.25) is 0 Å². The standard InChI is InChI=1S/C20H22F2N4O2S/c1-11(2)9-26-19(28)18-16(24-20(26)29-4)7-12(3)25(18)10-17(27)23-15-8-13(21)5-6-14(15)22/h5-8,11H,9-10H2,1-4H3,(H,23,27). The fourth-order valence-corrected chi connectivity index (χ4v) is 3.73. The van der Waals surface area contributed by atoms with Crippen LogP contribution in [0.4, 0.5) is 14.5 Å². The number of nitrogens with one attached hydrogen (secondary N) is 1. The Morgan fingerprint density at radius 2 is 1.97 bits per heavy atom. The second-order valence-corrected chi connectivity index (χ2v) is 7.96. The molecule has 2 heterocycles. The number of nitrogens with zero attached hydrogens (tertiary/aromatic N) is 3. The Labute approximate surface area is 170 Å². The summed E-state index contributed by atoms with van der Waals surface area (Å²) < 4.78 is 30.3. The average molecular weight is 420 g/mol. The Morgan fingerprint density at radius 1 is 1.24 bits per heavy atom. The molecular formula is C20H22F2N4O2S. The van der Waals surface area contributed by atoms with Crippen LogP contribution in [0.25, 0.3) is 11.0 Å². The van der Waals surface area contributed by atoms with Gasteiger partial charge < -0.3 is 9.88 Å². The van der Waals surface area contributed by atoms with E-state index in [1.54, 1.807) is 22.1 Å². The third kappa shape index (κ3) is 4.34. The van der Waals surface area contributed by atoms with E-state index in [-0.39, 0.29) is 23.7 Å². The summed E-state index contributed by atoms with van der Waals surface area (Å²) in [5.74, 6) is -1.73. The van der Waals surface area contributed by atoms with Crippen molar-refractivity contribution in [2.75, 3.05) is 11.6 Å². The van der Waals surface area contributed by atoms with E-state index in [9.17, 15) is 18.4 Å². The van der Waals surface area contributed by atoms with Crippen LogP contribution in [0.3, 0.4) is 0 Å². The molecule has 1 N–H and O–H groups in total. The zero-order valence-electron chi connectivity index (χ0n) is 16.6. The van der Waals surface area contributed by atoms with Crippen molar-refractivity contribution >= 4 is 34.4 Å². The fraction of sp³-hybridized carbons (Fsp3) is 0.350. The number of halogens is 2. The van der Waals surface area contributed by atoms with Crippen LogP contribution in [-0.4, -0.2) is 26.3 Å². The molecule has 29 heavy (non-hydrogen) atoms. The Balaban J connectivity index is 2.01. The third-order valence-electron chi connectivity index (χ3n) is 4.41. The molecule has 6 nitrogen and oxygen atoms in total. The van der Waals surface area contributed by atoms with Gasteiger partial charge in [0.25, 0.3) is 5.56 Å². The lowest BCUT2D eigenvalue weighted by atomic mass is 10.2. The number of hydrogen-bond acceptors (Lipinski definition) is 4. The van der Waals surface area contributed by atoms with Crippen LogP contribution in [-0.2, 0) is 17.9 Å². The molecule has 0 fully saturated rings. The molecular weight excluding hydrogens is 398 g/mol. The molecule has 3 aromatic rings. The van der Waals surface area contributed by atoms with Gasteiger partial charge in [0, 0.05) is 18.3 Å². The molecule has 1 aromatic carbocycles. The van der Waals surface area contributed by atoms with Gasteiger partial charge in [0.2, 0.25) is 5.91 Å². The van der Waals surface area contributed by atoms with Crippen LogP contribution in [0.5, 0.6) is 0 Å². The molecule has 0 aliphatic rings. The summed E-state index contributed by atoms with van der Waals surface area (Å²) in [5.41, 5.74) is 1.02. The summed E-state index contributed by atoms with van der Waals surface area (Å²) in [5, 5.41) is 2.97. The SMILES string of the molecule is CSc1nc2cc(C)n(CC(=O)Nc3cc(F)ccc3F)c2c(=O)n1CC(C)C. The number of aryl methyl sites for hydroxylation is 1. The van der Waals surface area contributed by atoms with Crippen LogP contribution in [0, 0.1) is 24.5 Å². The van der Waals surface area contributed by atoms with Crippen LogP contribution >= 0.6 is 11.8 Å². The lowest BCUT2D eigenvalue weighted by Gasteiger charge is -2.14. The zero-order valence-corrected chi connectivity index (χ0v) is 17.4. The molecule has 0 bridgehead atoms. The van der Waals surface area contributed by atoms with Crippen molar-refractivity contribution in [1.82, 2.24) is 14.1 Å². The minimum absolute atomic E-state index is 0.220. The summed E-state index contributed by atoms with van der Waals surface area (Å²) in [4.78, 5) is 30.2. The van der Waals surface area contributed by atoms with E-state index in [2.05, 4.69) is 10.3 Å². The molecule has 0 radical (unpaired) electrons. The molecule has 0 aliphatic carbocycles. The molecule has 1 amide bonds. The number of fused-ring (bicyclic) bond motifs is 1. The highest BCUT2D eigenvalue weighted by atomic mass is 32.2. The number of anilines is 1. The number of amides is 1. The topological polar surface area (TPSA) is 68.9 Å². The third-order valence-corrected chi connectivity index (χ3v) is 5.09. The first-order valence-corrected chi connectivity index (χ1v) is 10.3. The number of benzene rings is 1. The normalized spacial score (nSPS) is 11.4. The summed E-state index contributed by atoms with van der Waals surface area (Å²) in [6.07, 6.45) is 1.86. The fourth-order valence-electron chi connectivity index (χ4n) is 3.16. The van der Waals surface area contributed by atoms with E-state index in [1.807, 2.05) is 20.1 Å². The minimum atomic E-state index is -0.737. The van der Waals surface area contributed by atoms with Gasteiger partial charge in [0.1, 0.15) is 23.7 Å². The molecule has 3 rings (SSSR count). The monoisotopic (exact) mass is 420 g/mol. The number of carbonyl (C=O) groups excluding carboxylic acids is 1. The molecule has 154 valence electrons. The smallest absolute Gasteiger partial charge is 0.278 e. The maximum atomic E-state index is 13.8. The number of hydrogen-bond donors (Lipinski definition) is 1. The highest BCUT2D eigenvalue weighted by Gasteiger charge is 2.19. The zero-order chi connectivity index (χ0) is 21.3.